The van der Waals surface area contributed by atoms with Crippen molar-refractivity contribution in [1.82, 2.24) is 9.78 Å². The molecule has 1 rings (SSSR count). The van der Waals surface area contributed by atoms with Gasteiger partial charge in [-0.2, -0.15) is 5.10 Å². The highest BCUT2D eigenvalue weighted by Crippen LogP contribution is 2.16. The predicted molar refractivity (Wildman–Crippen MR) is 63.9 cm³/mol. The topological polar surface area (TPSA) is 72.9 Å². The minimum atomic E-state index is -0.333. The van der Waals surface area contributed by atoms with Crippen molar-refractivity contribution in [1.29, 1.82) is 0 Å². The standard InChI is InChI=1S/C9H15BrN4O/c1-9(2,11)5-12-6-4-13-14(3)8(15)7(6)10/h4,12H,5,11H2,1-3H3. The van der Waals surface area contributed by atoms with Crippen LogP contribution in [0.1, 0.15) is 13.8 Å². The molecule has 0 aromatic carbocycles. The first-order valence-corrected chi connectivity index (χ1v) is 5.35. The average molecular weight is 275 g/mol. The number of nitrogens with zero attached hydrogens (tertiary/aromatic N) is 2. The van der Waals surface area contributed by atoms with E-state index < -0.39 is 0 Å². The maximum Gasteiger partial charge on any atom is 0.282 e. The van der Waals surface area contributed by atoms with Gasteiger partial charge in [-0.3, -0.25) is 4.79 Å². The second kappa shape index (κ2) is 4.32. The molecule has 1 aromatic heterocycles. The van der Waals surface area contributed by atoms with Crippen LogP contribution in [0, 0.1) is 0 Å². The lowest BCUT2D eigenvalue weighted by Crippen LogP contribution is -2.40. The van der Waals surface area contributed by atoms with E-state index in [4.69, 9.17) is 5.73 Å². The Bertz CT molecular complexity index is 408. The Hall–Kier alpha value is -0.880. The van der Waals surface area contributed by atoms with Gasteiger partial charge in [0, 0.05) is 19.1 Å². The summed E-state index contributed by atoms with van der Waals surface area (Å²) in [4.78, 5) is 11.5. The Morgan fingerprint density at radius 2 is 2.27 bits per heavy atom. The zero-order valence-electron chi connectivity index (χ0n) is 9.04. The van der Waals surface area contributed by atoms with E-state index in [1.54, 1.807) is 13.2 Å². The van der Waals surface area contributed by atoms with E-state index in [1.165, 1.54) is 4.68 Å². The molecular formula is C9H15BrN4O. The summed E-state index contributed by atoms with van der Waals surface area (Å²) >= 11 is 3.22. The molecule has 0 fully saturated rings. The number of rotatable bonds is 3. The molecule has 0 saturated carbocycles. The Labute approximate surface area is 96.8 Å². The summed E-state index contributed by atoms with van der Waals surface area (Å²) in [5.74, 6) is 0. The van der Waals surface area contributed by atoms with Crippen molar-refractivity contribution in [2.75, 3.05) is 11.9 Å². The molecule has 0 bridgehead atoms. The number of hydrogen-bond donors (Lipinski definition) is 2. The van der Waals surface area contributed by atoms with Crippen LogP contribution in [-0.2, 0) is 7.05 Å². The van der Waals surface area contributed by atoms with E-state index in [2.05, 4.69) is 26.3 Å². The first-order chi connectivity index (χ1) is 6.81. The Balaban J connectivity index is 2.89. The van der Waals surface area contributed by atoms with Gasteiger partial charge in [0.25, 0.3) is 5.56 Å². The van der Waals surface area contributed by atoms with Gasteiger partial charge < -0.3 is 11.1 Å². The maximum absolute atomic E-state index is 11.5. The van der Waals surface area contributed by atoms with Gasteiger partial charge in [-0.15, -0.1) is 0 Å². The smallest absolute Gasteiger partial charge is 0.282 e. The number of nitrogens with one attached hydrogen (secondary N) is 1. The van der Waals surface area contributed by atoms with Crippen LogP contribution in [-0.4, -0.2) is 21.9 Å². The minimum Gasteiger partial charge on any atom is -0.381 e. The third kappa shape index (κ3) is 3.32. The molecule has 15 heavy (non-hydrogen) atoms. The van der Waals surface area contributed by atoms with Gasteiger partial charge in [-0.1, -0.05) is 0 Å². The molecule has 0 saturated heterocycles. The molecule has 0 aliphatic heterocycles. The summed E-state index contributed by atoms with van der Waals surface area (Å²) in [5.41, 5.74) is 5.98. The Morgan fingerprint density at radius 3 is 2.80 bits per heavy atom. The number of aryl methyl sites for hydroxylation is 1. The molecule has 3 N–H and O–H groups in total. The van der Waals surface area contributed by atoms with Crippen molar-refractivity contribution in [3.8, 4) is 0 Å². The van der Waals surface area contributed by atoms with Gasteiger partial charge in [-0.25, -0.2) is 4.68 Å². The average Bonchev–Trinajstić information content (AvgIpc) is 2.12. The van der Waals surface area contributed by atoms with Gasteiger partial charge >= 0.3 is 0 Å². The Kier molecular flexibility index (Phi) is 3.51. The van der Waals surface area contributed by atoms with Crippen LogP contribution in [0.2, 0.25) is 0 Å². The second-order valence-corrected chi connectivity index (χ2v) is 4.94. The molecular weight excluding hydrogens is 260 g/mol. The molecule has 0 radical (unpaired) electrons. The molecule has 0 atom stereocenters. The van der Waals surface area contributed by atoms with Crippen LogP contribution >= 0.6 is 15.9 Å². The van der Waals surface area contributed by atoms with Crippen LogP contribution in [0.4, 0.5) is 5.69 Å². The van der Waals surface area contributed by atoms with Crippen LogP contribution in [0.5, 0.6) is 0 Å². The van der Waals surface area contributed by atoms with Crippen LogP contribution in [0.3, 0.4) is 0 Å². The number of anilines is 1. The van der Waals surface area contributed by atoms with Crippen molar-refractivity contribution < 1.29 is 0 Å². The lowest BCUT2D eigenvalue weighted by Gasteiger charge is -2.20. The molecule has 0 aliphatic rings. The largest absolute Gasteiger partial charge is 0.381 e. The van der Waals surface area contributed by atoms with E-state index in [1.807, 2.05) is 13.8 Å². The number of nitrogens with two attached hydrogens (primary N) is 1. The normalized spacial score (nSPS) is 11.5. The van der Waals surface area contributed by atoms with E-state index in [9.17, 15) is 4.79 Å². The molecule has 1 heterocycles. The van der Waals surface area contributed by atoms with Crippen molar-refractivity contribution in [3.63, 3.8) is 0 Å². The quantitative estimate of drug-likeness (QED) is 0.851. The van der Waals surface area contributed by atoms with Crippen molar-refractivity contribution in [3.05, 3.63) is 21.0 Å². The second-order valence-electron chi connectivity index (χ2n) is 4.14. The zero-order chi connectivity index (χ0) is 11.6. The molecule has 6 heteroatoms. The molecule has 84 valence electrons. The third-order valence-electron chi connectivity index (χ3n) is 1.81. The molecule has 5 nitrogen and oxygen atoms in total. The lowest BCUT2D eigenvalue weighted by atomic mass is 10.1. The van der Waals surface area contributed by atoms with E-state index in [0.717, 1.165) is 0 Å². The number of aromatic nitrogens is 2. The zero-order valence-corrected chi connectivity index (χ0v) is 10.6. The predicted octanol–water partition coefficient (Wildman–Crippen LogP) is 0.692. The minimum absolute atomic E-state index is 0.171. The molecule has 0 unspecified atom stereocenters. The fourth-order valence-corrected chi connectivity index (χ4v) is 1.46. The van der Waals surface area contributed by atoms with Gasteiger partial charge in [0.15, 0.2) is 0 Å². The highest BCUT2D eigenvalue weighted by atomic mass is 79.9. The van der Waals surface area contributed by atoms with Crippen LogP contribution < -0.4 is 16.6 Å². The fourth-order valence-electron chi connectivity index (χ4n) is 0.957. The van der Waals surface area contributed by atoms with E-state index in [0.29, 0.717) is 16.7 Å². The maximum atomic E-state index is 11.5. The van der Waals surface area contributed by atoms with Crippen molar-refractivity contribution >= 4 is 21.6 Å². The summed E-state index contributed by atoms with van der Waals surface area (Å²) in [6, 6.07) is 0. The van der Waals surface area contributed by atoms with Gasteiger partial charge in [0.2, 0.25) is 0 Å². The summed E-state index contributed by atoms with van der Waals surface area (Å²) in [5, 5.41) is 6.98. The summed E-state index contributed by atoms with van der Waals surface area (Å²) in [7, 11) is 1.60. The van der Waals surface area contributed by atoms with Crippen LogP contribution in [0.15, 0.2) is 15.5 Å². The van der Waals surface area contributed by atoms with Crippen molar-refractivity contribution in [2.45, 2.75) is 19.4 Å². The van der Waals surface area contributed by atoms with Crippen molar-refractivity contribution in [2.24, 2.45) is 12.8 Å². The number of halogens is 1. The SMILES string of the molecule is Cn1ncc(NCC(C)(C)N)c(Br)c1=O. The lowest BCUT2D eigenvalue weighted by molar-refractivity contribution is 0.548. The van der Waals surface area contributed by atoms with Crippen LogP contribution in [0.25, 0.3) is 0 Å². The highest BCUT2D eigenvalue weighted by molar-refractivity contribution is 9.10. The summed E-state index contributed by atoms with van der Waals surface area (Å²) in [6.45, 7) is 4.38. The third-order valence-corrected chi connectivity index (χ3v) is 2.58. The van der Waals surface area contributed by atoms with E-state index >= 15 is 0 Å². The summed E-state index contributed by atoms with van der Waals surface area (Å²) < 4.78 is 1.74. The Morgan fingerprint density at radius 1 is 1.67 bits per heavy atom. The van der Waals surface area contributed by atoms with Gasteiger partial charge in [0.05, 0.1) is 11.9 Å². The molecule has 0 amide bonds. The molecule has 0 spiro atoms. The van der Waals surface area contributed by atoms with Gasteiger partial charge in [0.1, 0.15) is 4.47 Å². The number of hydrogen-bond acceptors (Lipinski definition) is 4. The highest BCUT2D eigenvalue weighted by Gasteiger charge is 2.12. The molecule has 1 aromatic rings. The first-order valence-electron chi connectivity index (χ1n) is 4.56. The summed E-state index contributed by atoms with van der Waals surface area (Å²) in [6.07, 6.45) is 1.59. The fraction of sp³-hybridized carbons (Fsp3) is 0.556. The monoisotopic (exact) mass is 274 g/mol. The first kappa shape index (κ1) is 12.2. The molecule has 0 aliphatic carbocycles. The van der Waals surface area contributed by atoms with E-state index in [-0.39, 0.29) is 11.1 Å². The van der Waals surface area contributed by atoms with Gasteiger partial charge in [-0.05, 0) is 29.8 Å².